The van der Waals surface area contributed by atoms with Crippen LogP contribution >= 0.6 is 0 Å². The monoisotopic (exact) mass is 327 g/mol. The second-order valence-electron chi connectivity index (χ2n) is 5.46. The molecule has 1 atom stereocenters. The van der Waals surface area contributed by atoms with E-state index >= 15 is 0 Å². The van der Waals surface area contributed by atoms with Crippen LogP contribution in [0.25, 0.3) is 0 Å². The third kappa shape index (κ3) is 5.12. The van der Waals surface area contributed by atoms with Crippen LogP contribution in [-0.4, -0.2) is 30.6 Å². The summed E-state index contributed by atoms with van der Waals surface area (Å²) in [5, 5.41) is 12.1. The smallest absolute Gasteiger partial charge is 0.312 e. The number of amides is 1. The van der Waals surface area contributed by atoms with Gasteiger partial charge in [0, 0.05) is 13.0 Å². The lowest BCUT2D eigenvalue weighted by molar-refractivity contribution is -0.138. The van der Waals surface area contributed by atoms with Crippen LogP contribution in [-0.2, 0) is 16.0 Å². The van der Waals surface area contributed by atoms with Crippen LogP contribution in [0.2, 0.25) is 0 Å². The van der Waals surface area contributed by atoms with Gasteiger partial charge in [-0.15, -0.1) is 0 Å². The largest absolute Gasteiger partial charge is 0.497 e. The Hall–Kier alpha value is -2.82. The SMILES string of the molecule is COc1cccc(CCC(=O)NCC(C(=O)O)c2ccccc2)c1. The highest BCUT2D eigenvalue weighted by Crippen LogP contribution is 2.16. The number of rotatable bonds is 8. The van der Waals surface area contributed by atoms with Gasteiger partial charge < -0.3 is 15.2 Å². The van der Waals surface area contributed by atoms with Crippen molar-refractivity contribution in [1.29, 1.82) is 0 Å². The maximum Gasteiger partial charge on any atom is 0.312 e. The minimum absolute atomic E-state index is 0.0797. The summed E-state index contributed by atoms with van der Waals surface area (Å²) in [5.41, 5.74) is 1.68. The molecule has 2 aromatic carbocycles. The summed E-state index contributed by atoms with van der Waals surface area (Å²) in [6.07, 6.45) is 0.875. The van der Waals surface area contributed by atoms with Gasteiger partial charge in [-0.2, -0.15) is 0 Å². The van der Waals surface area contributed by atoms with E-state index in [0.717, 1.165) is 11.3 Å². The highest BCUT2D eigenvalue weighted by Gasteiger charge is 2.20. The summed E-state index contributed by atoms with van der Waals surface area (Å²) in [6, 6.07) is 16.4. The highest BCUT2D eigenvalue weighted by atomic mass is 16.5. The zero-order chi connectivity index (χ0) is 17.4. The number of hydrogen-bond donors (Lipinski definition) is 2. The van der Waals surface area contributed by atoms with Gasteiger partial charge in [0.05, 0.1) is 13.0 Å². The van der Waals surface area contributed by atoms with E-state index in [2.05, 4.69) is 5.32 Å². The van der Waals surface area contributed by atoms with E-state index < -0.39 is 11.9 Å². The van der Waals surface area contributed by atoms with Gasteiger partial charge in [0.15, 0.2) is 0 Å². The van der Waals surface area contributed by atoms with Gasteiger partial charge in [-0.1, -0.05) is 42.5 Å². The number of carboxylic acids is 1. The minimum Gasteiger partial charge on any atom is -0.497 e. The fraction of sp³-hybridized carbons (Fsp3) is 0.263. The molecule has 0 fully saturated rings. The number of carbonyl (C=O) groups is 2. The number of carboxylic acid groups (broad SMARTS) is 1. The number of aryl methyl sites for hydroxylation is 1. The fourth-order valence-electron chi connectivity index (χ4n) is 2.42. The topological polar surface area (TPSA) is 75.6 Å². The first-order chi connectivity index (χ1) is 11.6. The van der Waals surface area contributed by atoms with Crippen molar-refractivity contribution in [2.45, 2.75) is 18.8 Å². The van der Waals surface area contributed by atoms with Gasteiger partial charge in [-0.25, -0.2) is 0 Å². The van der Waals surface area contributed by atoms with Crippen molar-refractivity contribution < 1.29 is 19.4 Å². The van der Waals surface area contributed by atoms with Gasteiger partial charge >= 0.3 is 5.97 Å². The molecule has 0 saturated carbocycles. The van der Waals surface area contributed by atoms with Crippen molar-refractivity contribution in [3.8, 4) is 5.75 Å². The third-order valence-corrected chi connectivity index (χ3v) is 3.78. The molecular weight excluding hydrogens is 306 g/mol. The van der Waals surface area contributed by atoms with E-state index in [0.29, 0.717) is 18.4 Å². The second kappa shape index (κ2) is 8.72. The average molecular weight is 327 g/mol. The zero-order valence-electron chi connectivity index (χ0n) is 13.6. The summed E-state index contributed by atoms with van der Waals surface area (Å²) in [7, 11) is 1.60. The molecule has 0 aromatic heterocycles. The van der Waals surface area contributed by atoms with Crippen molar-refractivity contribution in [2.75, 3.05) is 13.7 Å². The lowest BCUT2D eigenvalue weighted by Gasteiger charge is -2.14. The van der Waals surface area contributed by atoms with Crippen LogP contribution in [0.4, 0.5) is 0 Å². The highest BCUT2D eigenvalue weighted by molar-refractivity contribution is 5.80. The molecule has 2 aromatic rings. The molecule has 1 unspecified atom stereocenters. The van der Waals surface area contributed by atoms with Gasteiger partial charge in [-0.3, -0.25) is 9.59 Å². The average Bonchev–Trinajstić information content (AvgIpc) is 2.61. The molecule has 2 N–H and O–H groups in total. The molecule has 1 amide bonds. The zero-order valence-corrected chi connectivity index (χ0v) is 13.6. The first-order valence-electron chi connectivity index (χ1n) is 7.77. The Kier molecular flexibility index (Phi) is 6.37. The number of aliphatic carboxylic acids is 1. The molecule has 0 aliphatic heterocycles. The molecule has 2 rings (SSSR count). The first kappa shape index (κ1) is 17.5. The van der Waals surface area contributed by atoms with Crippen molar-refractivity contribution in [2.24, 2.45) is 0 Å². The van der Waals surface area contributed by atoms with Gasteiger partial charge in [-0.05, 0) is 29.7 Å². The molecule has 0 saturated heterocycles. The van der Waals surface area contributed by atoms with Crippen LogP contribution in [0.5, 0.6) is 5.75 Å². The van der Waals surface area contributed by atoms with E-state index in [9.17, 15) is 14.7 Å². The number of ether oxygens (including phenoxy) is 1. The number of carbonyl (C=O) groups excluding carboxylic acids is 1. The molecule has 0 radical (unpaired) electrons. The first-order valence-corrected chi connectivity index (χ1v) is 7.77. The molecule has 5 nitrogen and oxygen atoms in total. The summed E-state index contributed by atoms with van der Waals surface area (Å²) in [6.45, 7) is 0.0797. The summed E-state index contributed by atoms with van der Waals surface area (Å²) in [5.74, 6) is -1.11. The molecule has 0 spiro atoms. The summed E-state index contributed by atoms with van der Waals surface area (Å²) in [4.78, 5) is 23.4. The molecular formula is C19H21NO4. The normalized spacial score (nSPS) is 11.5. The Morgan fingerprint density at radius 2 is 1.88 bits per heavy atom. The summed E-state index contributed by atoms with van der Waals surface area (Å²) < 4.78 is 5.15. The number of benzene rings is 2. The fourth-order valence-corrected chi connectivity index (χ4v) is 2.42. The van der Waals surface area contributed by atoms with Crippen LogP contribution < -0.4 is 10.1 Å². The van der Waals surface area contributed by atoms with Crippen LogP contribution in [0, 0.1) is 0 Å². The van der Waals surface area contributed by atoms with Crippen molar-refractivity contribution in [3.05, 3.63) is 65.7 Å². The molecule has 0 aliphatic rings. The predicted molar refractivity (Wildman–Crippen MR) is 91.1 cm³/mol. The van der Waals surface area contributed by atoms with Gasteiger partial charge in [0.2, 0.25) is 5.91 Å². The quantitative estimate of drug-likeness (QED) is 0.781. The molecule has 0 bridgehead atoms. The van der Waals surface area contributed by atoms with E-state index in [1.807, 2.05) is 30.3 Å². The Bertz CT molecular complexity index is 685. The molecule has 5 heteroatoms. The Morgan fingerprint density at radius 3 is 2.54 bits per heavy atom. The second-order valence-corrected chi connectivity index (χ2v) is 5.46. The maximum absolute atomic E-state index is 12.0. The van der Waals surface area contributed by atoms with Crippen LogP contribution in [0.15, 0.2) is 54.6 Å². The van der Waals surface area contributed by atoms with Crippen molar-refractivity contribution in [1.82, 2.24) is 5.32 Å². The van der Waals surface area contributed by atoms with Crippen molar-refractivity contribution >= 4 is 11.9 Å². The Labute approximate surface area is 141 Å². The maximum atomic E-state index is 12.0. The Morgan fingerprint density at radius 1 is 1.12 bits per heavy atom. The van der Waals surface area contributed by atoms with Crippen LogP contribution in [0.3, 0.4) is 0 Å². The molecule has 0 aliphatic carbocycles. The molecule has 126 valence electrons. The lowest BCUT2D eigenvalue weighted by Crippen LogP contribution is -2.31. The number of hydrogen-bond acceptors (Lipinski definition) is 3. The van der Waals surface area contributed by atoms with E-state index in [-0.39, 0.29) is 12.5 Å². The predicted octanol–water partition coefficient (Wildman–Crippen LogP) is 2.61. The minimum atomic E-state index is -0.950. The lowest BCUT2D eigenvalue weighted by atomic mass is 9.99. The number of nitrogens with one attached hydrogen (secondary N) is 1. The van der Waals surface area contributed by atoms with Crippen LogP contribution in [0.1, 0.15) is 23.5 Å². The van der Waals surface area contributed by atoms with Gasteiger partial charge in [0.1, 0.15) is 5.75 Å². The number of methoxy groups -OCH3 is 1. The molecule has 0 heterocycles. The Balaban J connectivity index is 1.86. The summed E-state index contributed by atoms with van der Waals surface area (Å²) >= 11 is 0. The van der Waals surface area contributed by atoms with Crippen molar-refractivity contribution in [3.63, 3.8) is 0 Å². The van der Waals surface area contributed by atoms with E-state index in [4.69, 9.17) is 4.74 Å². The third-order valence-electron chi connectivity index (χ3n) is 3.78. The van der Waals surface area contributed by atoms with E-state index in [1.165, 1.54) is 0 Å². The molecule has 24 heavy (non-hydrogen) atoms. The van der Waals surface area contributed by atoms with E-state index in [1.54, 1.807) is 31.4 Å². The standard InChI is InChI=1S/C19H21NO4/c1-24-16-9-5-6-14(12-16)10-11-18(21)20-13-17(19(22)23)15-7-3-2-4-8-15/h2-9,12,17H,10-11,13H2,1H3,(H,20,21)(H,22,23). The van der Waals surface area contributed by atoms with Gasteiger partial charge in [0.25, 0.3) is 0 Å².